The second-order valence-corrected chi connectivity index (χ2v) is 4.76. The van der Waals surface area contributed by atoms with Crippen LogP contribution < -0.4 is 0 Å². The highest BCUT2D eigenvalue weighted by Gasteiger charge is 2.36. The molecule has 0 aromatic carbocycles. The van der Waals surface area contributed by atoms with Crippen molar-refractivity contribution in [2.45, 2.75) is 5.51 Å². The van der Waals surface area contributed by atoms with E-state index in [1.54, 1.807) is 0 Å². The average molecular weight is 282 g/mol. The van der Waals surface area contributed by atoms with Crippen molar-refractivity contribution < 1.29 is 30.7 Å². The molecule has 0 aromatic heterocycles. The summed E-state index contributed by atoms with van der Waals surface area (Å²) in [5.41, 5.74) is -5.65. The van der Waals surface area contributed by atoms with Crippen molar-refractivity contribution in [1.82, 2.24) is 4.90 Å². The zero-order valence-corrected chi connectivity index (χ0v) is 10.8. The second-order valence-electron chi connectivity index (χ2n) is 2.99. The molecule has 0 aliphatic carbocycles. The molecule has 0 heterocycles. The molecule has 10 heteroatoms. The number of halogens is 3. The molecule has 0 amide bonds. The Labute approximate surface area is 97.7 Å². The smallest absolute Gasteiger partial charge is 0.485 e. The van der Waals surface area contributed by atoms with E-state index in [0.29, 0.717) is 0 Å². The summed E-state index contributed by atoms with van der Waals surface area (Å²) in [5, 5.41) is 0.963. The molecule has 0 bridgehead atoms. The topological polar surface area (TPSA) is 63.5 Å². The number of alkyl halides is 3. The first-order chi connectivity index (χ1) is 6.80. The third-order valence-electron chi connectivity index (χ3n) is 1.08. The molecule has 98 valence electrons. The Hall–Kier alpha value is -0.480. The molecule has 0 atom stereocenters. The van der Waals surface area contributed by atoms with E-state index < -0.39 is 15.6 Å². The van der Waals surface area contributed by atoms with E-state index in [9.17, 15) is 13.2 Å². The van der Waals surface area contributed by atoms with Gasteiger partial charge in [-0.3, -0.25) is 9.48 Å². The molecule has 0 aliphatic heterocycles. The number of hydrogen-bond donors (Lipinski definition) is 1. The van der Waals surface area contributed by atoms with Crippen LogP contribution in [0.25, 0.3) is 0 Å². The van der Waals surface area contributed by atoms with Crippen LogP contribution >= 0.6 is 12.6 Å². The fourth-order valence-corrected chi connectivity index (χ4v) is 0.400. The Bertz CT molecular complexity index is 345. The third-order valence-corrected chi connectivity index (χ3v) is 2.45. The van der Waals surface area contributed by atoms with Crippen molar-refractivity contribution in [3.05, 3.63) is 0 Å². The van der Waals surface area contributed by atoms with E-state index in [4.69, 9.17) is 13.0 Å². The van der Waals surface area contributed by atoms with Crippen LogP contribution in [0.2, 0.25) is 0 Å². The summed E-state index contributed by atoms with van der Waals surface area (Å²) in [4.78, 5) is 1.95. The minimum Gasteiger partial charge on any atom is -0.741 e. The maximum atomic E-state index is 10.7. The molecule has 0 aromatic rings. The van der Waals surface area contributed by atoms with Crippen LogP contribution in [0.5, 0.6) is 0 Å². The highest BCUT2D eigenvalue weighted by molar-refractivity contribution is 7.96. The molecule has 0 aliphatic rings. The largest absolute Gasteiger partial charge is 0.741 e. The monoisotopic (exact) mass is 282 g/mol. The number of thiol groups is 1. The predicted octanol–water partition coefficient (Wildman–Crippen LogP) is 0.157. The van der Waals surface area contributed by atoms with E-state index in [2.05, 4.69) is 12.6 Å². The lowest BCUT2D eigenvalue weighted by molar-refractivity contribution is -0.466. The molecule has 0 saturated heterocycles. The van der Waals surface area contributed by atoms with Gasteiger partial charge in [-0.25, -0.2) is 8.42 Å². The fourth-order valence-electron chi connectivity index (χ4n) is 0.400. The summed E-state index contributed by atoms with van der Waals surface area (Å²) in [6, 6.07) is 0. The third kappa shape index (κ3) is 7.77. The van der Waals surface area contributed by atoms with Gasteiger partial charge < -0.3 is 4.55 Å². The number of amidine groups is 1. The highest BCUT2D eigenvalue weighted by Crippen LogP contribution is 2.20. The van der Waals surface area contributed by atoms with Crippen molar-refractivity contribution in [3.8, 4) is 0 Å². The minimum absolute atomic E-state index is 0.963. The van der Waals surface area contributed by atoms with Gasteiger partial charge in [0, 0.05) is 0 Å². The first-order valence-corrected chi connectivity index (χ1v) is 5.59. The highest BCUT2D eigenvalue weighted by atomic mass is 32.2. The lowest BCUT2D eigenvalue weighted by Crippen LogP contribution is -2.24. The molecule has 5 nitrogen and oxygen atoms in total. The lowest BCUT2D eigenvalue weighted by Gasteiger charge is -2.08. The van der Waals surface area contributed by atoms with Crippen LogP contribution in [-0.4, -0.2) is 61.3 Å². The first-order valence-electron chi connectivity index (χ1n) is 3.73. The molecule has 0 spiro atoms. The van der Waals surface area contributed by atoms with Gasteiger partial charge >= 0.3 is 10.7 Å². The van der Waals surface area contributed by atoms with Gasteiger partial charge in [0.25, 0.3) is 0 Å². The van der Waals surface area contributed by atoms with E-state index >= 15 is 0 Å². The Balaban J connectivity index is 0. The number of hydrogen-bond acceptors (Lipinski definition) is 3. The van der Waals surface area contributed by atoms with Crippen molar-refractivity contribution in [1.29, 1.82) is 0 Å². The normalized spacial score (nSPS) is 11.3. The summed E-state index contributed by atoms with van der Waals surface area (Å²) >= 11 is 4.19. The standard InChI is InChI=1S/C5H12N2S.CHF3O3S/c1-6(2)5(8)7(3)4;2-1(3,4)8(5,6)7/h1-4H3;(H,5,6,7). The van der Waals surface area contributed by atoms with E-state index in [1.165, 1.54) is 0 Å². The van der Waals surface area contributed by atoms with Gasteiger partial charge in [0.1, 0.15) is 0 Å². The predicted molar refractivity (Wildman–Crippen MR) is 55.5 cm³/mol. The Kier molecular flexibility index (Phi) is 7.05. The molecule has 0 unspecified atom stereocenters. The van der Waals surface area contributed by atoms with Crippen molar-refractivity contribution in [2.75, 3.05) is 28.2 Å². The maximum Gasteiger partial charge on any atom is 0.485 e. The summed E-state index contributed by atoms with van der Waals surface area (Å²) < 4.78 is 60.9. The zero-order chi connectivity index (χ0) is 13.7. The molecular formula is C6H13F3N2O3S2. The van der Waals surface area contributed by atoms with Crippen LogP contribution in [0.3, 0.4) is 0 Å². The van der Waals surface area contributed by atoms with Gasteiger partial charge in [0.05, 0.1) is 28.2 Å². The van der Waals surface area contributed by atoms with Gasteiger partial charge in [-0.15, -0.1) is 0 Å². The van der Waals surface area contributed by atoms with Crippen molar-refractivity contribution in [3.63, 3.8) is 0 Å². The van der Waals surface area contributed by atoms with Crippen LogP contribution in [0.15, 0.2) is 0 Å². The molecule has 0 saturated carbocycles. The van der Waals surface area contributed by atoms with Gasteiger partial charge in [-0.2, -0.15) is 13.2 Å². The minimum atomic E-state index is -6.09. The van der Waals surface area contributed by atoms with Gasteiger partial charge in [0.2, 0.25) is 0 Å². The van der Waals surface area contributed by atoms with Gasteiger partial charge in [-0.05, 0) is 0 Å². The Morgan fingerprint density at radius 2 is 1.56 bits per heavy atom. The zero-order valence-electron chi connectivity index (χ0n) is 9.11. The molecule has 0 N–H and O–H groups in total. The molecule has 0 radical (unpaired) electrons. The quantitative estimate of drug-likeness (QED) is 0.172. The van der Waals surface area contributed by atoms with E-state index in [1.807, 2.05) is 37.7 Å². The number of nitrogens with zero attached hydrogens (tertiary/aromatic N) is 2. The summed E-state index contributed by atoms with van der Waals surface area (Å²) in [7, 11) is 1.75. The van der Waals surface area contributed by atoms with Crippen LogP contribution in [0.1, 0.15) is 0 Å². The summed E-state index contributed by atoms with van der Waals surface area (Å²) in [6.45, 7) is 0. The molecule has 16 heavy (non-hydrogen) atoms. The number of rotatable bonds is 0. The lowest BCUT2D eigenvalue weighted by atomic mass is 10.9. The Morgan fingerprint density at radius 1 is 1.31 bits per heavy atom. The second kappa shape index (κ2) is 6.30. The van der Waals surface area contributed by atoms with Gasteiger partial charge in [0.15, 0.2) is 10.1 Å². The van der Waals surface area contributed by atoms with Crippen molar-refractivity contribution >= 4 is 27.9 Å². The molecule has 0 rings (SSSR count). The van der Waals surface area contributed by atoms with Crippen molar-refractivity contribution in [2.24, 2.45) is 0 Å². The molecular weight excluding hydrogens is 269 g/mol. The van der Waals surface area contributed by atoms with Crippen LogP contribution in [0, 0.1) is 0 Å². The summed E-state index contributed by atoms with van der Waals surface area (Å²) in [5.74, 6) is 0. The molecule has 0 fully saturated rings. The fraction of sp³-hybridized carbons (Fsp3) is 0.833. The van der Waals surface area contributed by atoms with E-state index in [-0.39, 0.29) is 0 Å². The van der Waals surface area contributed by atoms with Crippen LogP contribution in [-0.2, 0) is 10.1 Å². The van der Waals surface area contributed by atoms with Gasteiger partial charge in [-0.1, -0.05) is 12.6 Å². The average Bonchev–Trinajstić information content (AvgIpc) is 1.99. The first kappa shape index (κ1) is 17.9. The van der Waals surface area contributed by atoms with E-state index in [0.717, 1.165) is 5.17 Å². The SMILES string of the molecule is CN(C)C(S)=[N+](C)C.O=S(=O)([O-])C(F)(F)F. The Morgan fingerprint density at radius 3 is 1.56 bits per heavy atom. The summed E-state index contributed by atoms with van der Waals surface area (Å²) in [6.07, 6.45) is 0. The maximum absolute atomic E-state index is 10.7. The van der Waals surface area contributed by atoms with Crippen LogP contribution in [0.4, 0.5) is 13.2 Å².